The Labute approximate surface area is 237 Å². The van der Waals surface area contributed by atoms with Gasteiger partial charge in [0.1, 0.15) is 17.2 Å². The van der Waals surface area contributed by atoms with Gasteiger partial charge < -0.3 is 19.6 Å². The van der Waals surface area contributed by atoms with Crippen molar-refractivity contribution >= 4 is 10.9 Å². The average Bonchev–Trinajstić information content (AvgIpc) is 3.40. The molecule has 0 saturated carbocycles. The van der Waals surface area contributed by atoms with E-state index in [2.05, 4.69) is 80.5 Å². The molecule has 0 saturated heterocycles. The molecule has 1 aromatic heterocycles. The summed E-state index contributed by atoms with van der Waals surface area (Å²) in [6.45, 7) is 7.04. The van der Waals surface area contributed by atoms with Gasteiger partial charge in [0.15, 0.2) is 0 Å². The minimum atomic E-state index is -0.173. The highest BCUT2D eigenvalue weighted by Crippen LogP contribution is 2.51. The molecule has 0 spiro atoms. The molecule has 0 amide bonds. The van der Waals surface area contributed by atoms with Crippen molar-refractivity contribution in [3.63, 3.8) is 0 Å². The van der Waals surface area contributed by atoms with Gasteiger partial charge in [0.2, 0.25) is 0 Å². The molecule has 5 aromatic rings. The number of fused-ring (bicyclic) bond motifs is 1. The molecule has 205 valence electrons. The van der Waals surface area contributed by atoms with Gasteiger partial charge >= 0.3 is 0 Å². The number of H-pyrrole nitrogens is 1. The van der Waals surface area contributed by atoms with Crippen LogP contribution < -0.4 is 9.47 Å². The highest BCUT2D eigenvalue weighted by molar-refractivity contribution is 5.83. The van der Waals surface area contributed by atoms with E-state index in [1.807, 2.05) is 30.3 Å². The number of para-hydroxylation sites is 1. The first kappa shape index (κ1) is 27.4. The van der Waals surface area contributed by atoms with E-state index in [0.717, 1.165) is 41.0 Å². The summed E-state index contributed by atoms with van der Waals surface area (Å²) < 4.78 is 11.2. The molecular formula is C36H38NO3. The fourth-order valence-electron chi connectivity index (χ4n) is 5.73. The molecule has 4 aromatic carbocycles. The van der Waals surface area contributed by atoms with Crippen molar-refractivity contribution in [1.29, 1.82) is 0 Å². The lowest BCUT2D eigenvalue weighted by Gasteiger charge is -2.42. The molecule has 1 atom stereocenters. The van der Waals surface area contributed by atoms with Crippen molar-refractivity contribution in [2.24, 2.45) is 11.3 Å². The number of nitrogens with one attached hydrogen (secondary N) is 1. The molecule has 0 fully saturated rings. The first-order chi connectivity index (χ1) is 19.3. The summed E-state index contributed by atoms with van der Waals surface area (Å²) in [6.07, 6.45) is 4.08. The van der Waals surface area contributed by atoms with Gasteiger partial charge in [-0.1, -0.05) is 69.3 Å². The first-order valence-electron chi connectivity index (χ1n) is 13.9. The van der Waals surface area contributed by atoms with Gasteiger partial charge in [-0.25, -0.2) is 0 Å². The molecule has 0 aliphatic rings. The number of phenolic OH excluding ortho intramolecular Hbond substituents is 1. The molecule has 40 heavy (non-hydrogen) atoms. The third-order valence-corrected chi connectivity index (χ3v) is 8.49. The monoisotopic (exact) mass is 532 g/mol. The van der Waals surface area contributed by atoms with E-state index < -0.39 is 0 Å². The number of ether oxygens (including phenoxy) is 2. The van der Waals surface area contributed by atoms with Gasteiger partial charge in [-0.3, -0.25) is 0 Å². The molecule has 4 nitrogen and oxygen atoms in total. The lowest BCUT2D eigenvalue weighted by Crippen LogP contribution is -2.34. The van der Waals surface area contributed by atoms with Gasteiger partial charge in [-0.15, -0.1) is 0 Å². The van der Waals surface area contributed by atoms with E-state index in [4.69, 9.17) is 9.47 Å². The molecule has 0 aliphatic carbocycles. The Morgan fingerprint density at radius 3 is 2.20 bits per heavy atom. The third kappa shape index (κ3) is 5.31. The van der Waals surface area contributed by atoms with Crippen LogP contribution in [0.5, 0.6) is 17.2 Å². The predicted octanol–water partition coefficient (Wildman–Crippen LogP) is 8.82. The van der Waals surface area contributed by atoms with Crippen LogP contribution in [0.1, 0.15) is 43.9 Å². The van der Waals surface area contributed by atoms with Crippen LogP contribution in [-0.4, -0.2) is 24.3 Å². The van der Waals surface area contributed by atoms with Gasteiger partial charge in [0, 0.05) is 23.0 Å². The van der Waals surface area contributed by atoms with Crippen LogP contribution in [0.3, 0.4) is 0 Å². The van der Waals surface area contributed by atoms with E-state index in [0.29, 0.717) is 5.92 Å². The Morgan fingerprint density at radius 1 is 0.850 bits per heavy atom. The number of phenols is 1. The maximum atomic E-state index is 10.0. The van der Waals surface area contributed by atoms with Crippen molar-refractivity contribution in [2.75, 3.05) is 14.2 Å². The van der Waals surface area contributed by atoms with Gasteiger partial charge in [-0.2, -0.15) is 0 Å². The number of aromatic nitrogens is 1. The van der Waals surface area contributed by atoms with Crippen molar-refractivity contribution in [1.82, 2.24) is 4.98 Å². The zero-order valence-electron chi connectivity index (χ0n) is 24.0. The number of aromatic amines is 1. The number of rotatable bonds is 10. The van der Waals surface area contributed by atoms with Crippen LogP contribution in [-0.2, 0) is 6.42 Å². The number of hydrogen-bond acceptors (Lipinski definition) is 3. The minimum Gasteiger partial charge on any atom is -0.508 e. The predicted molar refractivity (Wildman–Crippen MR) is 164 cm³/mol. The van der Waals surface area contributed by atoms with Crippen LogP contribution in [0.2, 0.25) is 0 Å². The summed E-state index contributed by atoms with van der Waals surface area (Å²) in [5.74, 6) is 3.52. The summed E-state index contributed by atoms with van der Waals surface area (Å²) in [5, 5.41) is 11.3. The molecular weight excluding hydrogens is 494 g/mol. The molecule has 5 rings (SSSR count). The number of hydrogen-bond donors (Lipinski definition) is 2. The Bertz CT molecular complexity index is 1570. The lowest BCUT2D eigenvalue weighted by atomic mass is 9.61. The summed E-state index contributed by atoms with van der Waals surface area (Å²) in [6, 6.07) is 30.7. The highest BCUT2D eigenvalue weighted by Gasteiger charge is 2.41. The average molecular weight is 533 g/mol. The van der Waals surface area contributed by atoms with Crippen molar-refractivity contribution < 1.29 is 14.6 Å². The van der Waals surface area contributed by atoms with Crippen molar-refractivity contribution in [2.45, 2.75) is 33.6 Å². The van der Waals surface area contributed by atoms with Crippen LogP contribution in [0, 0.1) is 17.3 Å². The lowest BCUT2D eigenvalue weighted by molar-refractivity contribution is 0.232. The van der Waals surface area contributed by atoms with E-state index in [9.17, 15) is 5.11 Å². The molecule has 1 radical (unpaired) electrons. The van der Waals surface area contributed by atoms with Gasteiger partial charge in [0.25, 0.3) is 0 Å². The zero-order valence-corrected chi connectivity index (χ0v) is 24.0. The summed E-state index contributed by atoms with van der Waals surface area (Å²) in [5.41, 5.74) is 6.77. The SMILES string of the molecule is COc1ccc([C](c2ccc(OC)cc2-c2ccc(O)cc2)C(C)(CCc2c[nH]c3ccccc23)C(C)C)cc1. The maximum absolute atomic E-state index is 10.0. The highest BCUT2D eigenvalue weighted by atomic mass is 16.5. The molecule has 2 N–H and O–H groups in total. The van der Waals surface area contributed by atoms with E-state index in [1.54, 1.807) is 26.4 Å². The van der Waals surface area contributed by atoms with Crippen LogP contribution in [0.25, 0.3) is 22.0 Å². The standard InChI is InChI=1S/C36H38NO3/c1-24(2)36(3,21-20-27-23-37-34-9-7-6-8-31(27)34)35(26-12-16-29(39-4)17-13-26)32-19-18-30(40-5)22-33(32)25-10-14-28(38)15-11-25/h6-19,22-24,37-38H,20-21H2,1-5H3. The summed E-state index contributed by atoms with van der Waals surface area (Å²) >= 11 is 0. The summed E-state index contributed by atoms with van der Waals surface area (Å²) in [7, 11) is 3.40. The molecule has 0 bridgehead atoms. The number of aryl methyl sites for hydroxylation is 1. The Morgan fingerprint density at radius 2 is 1.52 bits per heavy atom. The second kappa shape index (κ2) is 11.5. The Hall–Kier alpha value is -4.18. The maximum Gasteiger partial charge on any atom is 0.119 e. The van der Waals surface area contributed by atoms with E-state index in [-0.39, 0.29) is 11.2 Å². The Kier molecular flexibility index (Phi) is 7.88. The summed E-state index contributed by atoms with van der Waals surface area (Å²) in [4.78, 5) is 3.45. The van der Waals surface area contributed by atoms with E-state index in [1.165, 1.54) is 27.9 Å². The molecule has 0 aliphatic heterocycles. The first-order valence-corrected chi connectivity index (χ1v) is 13.9. The fourth-order valence-corrected chi connectivity index (χ4v) is 5.73. The Balaban J connectivity index is 1.66. The molecule has 4 heteroatoms. The number of benzene rings is 4. The van der Waals surface area contributed by atoms with Gasteiger partial charge in [-0.05, 0) is 94.5 Å². The molecule has 1 heterocycles. The quantitative estimate of drug-likeness (QED) is 0.189. The van der Waals surface area contributed by atoms with Crippen molar-refractivity contribution in [3.8, 4) is 28.4 Å². The van der Waals surface area contributed by atoms with Crippen LogP contribution >= 0.6 is 0 Å². The van der Waals surface area contributed by atoms with Crippen molar-refractivity contribution in [3.05, 3.63) is 120 Å². The topological polar surface area (TPSA) is 54.5 Å². The normalized spacial score (nSPS) is 13.1. The second-order valence-corrected chi connectivity index (χ2v) is 11.0. The second-order valence-electron chi connectivity index (χ2n) is 11.0. The van der Waals surface area contributed by atoms with Crippen LogP contribution in [0.4, 0.5) is 0 Å². The zero-order chi connectivity index (χ0) is 28.3. The largest absolute Gasteiger partial charge is 0.508 e. The molecule has 1 unspecified atom stereocenters. The smallest absolute Gasteiger partial charge is 0.119 e. The third-order valence-electron chi connectivity index (χ3n) is 8.49. The van der Waals surface area contributed by atoms with E-state index >= 15 is 0 Å². The number of methoxy groups -OCH3 is 2. The minimum absolute atomic E-state index is 0.173. The number of aromatic hydroxyl groups is 1. The van der Waals surface area contributed by atoms with Gasteiger partial charge in [0.05, 0.1) is 14.2 Å². The van der Waals surface area contributed by atoms with Crippen LogP contribution in [0.15, 0.2) is 97.2 Å². The fraction of sp³-hybridized carbons (Fsp3) is 0.250.